The molecule has 2 N–H and O–H groups in total. The first kappa shape index (κ1) is 16.9. The Morgan fingerprint density at radius 2 is 2.11 bits per heavy atom. The first-order valence-electron chi connectivity index (χ1n) is 5.85. The van der Waals surface area contributed by atoms with Crippen LogP contribution in [0.2, 0.25) is 0 Å². The SMILES string of the molecule is CC.CCOC(=O)/C(=N\N)C1=CCC=C(F)N=C1F. The van der Waals surface area contributed by atoms with Crippen molar-refractivity contribution in [2.45, 2.75) is 27.2 Å². The Morgan fingerprint density at radius 3 is 2.63 bits per heavy atom. The molecule has 19 heavy (non-hydrogen) atoms. The van der Waals surface area contributed by atoms with Gasteiger partial charge < -0.3 is 10.6 Å². The zero-order valence-electron chi connectivity index (χ0n) is 11.1. The molecule has 0 amide bonds. The number of aliphatic imine (C=N–C) groups is 1. The normalized spacial score (nSPS) is 15.2. The largest absolute Gasteiger partial charge is 0.461 e. The number of halogens is 2. The van der Waals surface area contributed by atoms with E-state index in [2.05, 4.69) is 14.8 Å². The maximum absolute atomic E-state index is 13.5. The van der Waals surface area contributed by atoms with Gasteiger partial charge in [0, 0.05) is 0 Å². The van der Waals surface area contributed by atoms with E-state index in [1.165, 1.54) is 6.08 Å². The summed E-state index contributed by atoms with van der Waals surface area (Å²) >= 11 is 0. The van der Waals surface area contributed by atoms with E-state index < -0.39 is 23.6 Å². The predicted octanol–water partition coefficient (Wildman–Crippen LogP) is 2.40. The summed E-state index contributed by atoms with van der Waals surface area (Å²) in [5.41, 5.74) is -0.689. The lowest BCUT2D eigenvalue weighted by Crippen LogP contribution is -2.24. The summed E-state index contributed by atoms with van der Waals surface area (Å²) in [5.74, 6) is 1.99. The smallest absolute Gasteiger partial charge is 0.359 e. The maximum Gasteiger partial charge on any atom is 0.359 e. The summed E-state index contributed by atoms with van der Waals surface area (Å²) in [5, 5.41) is 3.15. The number of rotatable bonds is 3. The average Bonchev–Trinajstić information content (AvgIpc) is 2.55. The van der Waals surface area contributed by atoms with Gasteiger partial charge in [-0.15, -0.1) is 0 Å². The summed E-state index contributed by atoms with van der Waals surface area (Å²) in [7, 11) is 0. The number of esters is 1. The molecule has 1 aliphatic heterocycles. The highest BCUT2D eigenvalue weighted by Crippen LogP contribution is 2.15. The highest BCUT2D eigenvalue weighted by atomic mass is 19.1. The van der Waals surface area contributed by atoms with E-state index in [9.17, 15) is 13.6 Å². The van der Waals surface area contributed by atoms with Crippen LogP contribution in [0.15, 0.2) is 33.8 Å². The number of ether oxygens (including phenoxy) is 1. The summed E-state index contributed by atoms with van der Waals surface area (Å²) in [6, 6.07) is 0. The molecule has 7 heteroatoms. The Labute approximate surface area is 110 Å². The molecule has 0 atom stereocenters. The Hall–Kier alpha value is -2.05. The first-order valence-corrected chi connectivity index (χ1v) is 5.85. The van der Waals surface area contributed by atoms with Crippen molar-refractivity contribution in [3.05, 3.63) is 23.7 Å². The van der Waals surface area contributed by atoms with Crippen molar-refractivity contribution in [1.29, 1.82) is 0 Å². The lowest BCUT2D eigenvalue weighted by molar-refractivity contribution is -0.134. The second-order valence-electron chi connectivity index (χ2n) is 2.98. The molecule has 0 aromatic carbocycles. The molecule has 0 saturated heterocycles. The summed E-state index contributed by atoms with van der Waals surface area (Å²) < 4.78 is 30.9. The molecule has 106 valence electrons. The fourth-order valence-corrected chi connectivity index (χ4v) is 1.18. The van der Waals surface area contributed by atoms with Crippen LogP contribution >= 0.6 is 0 Å². The van der Waals surface area contributed by atoms with Crippen LogP contribution in [0.4, 0.5) is 8.78 Å². The molecular formula is C12H17F2N3O2. The van der Waals surface area contributed by atoms with Crippen LogP contribution in [0.1, 0.15) is 27.2 Å². The Kier molecular flexibility index (Phi) is 7.99. The molecule has 0 saturated carbocycles. The number of nitrogens with zero attached hydrogens (tertiary/aromatic N) is 2. The molecule has 0 unspecified atom stereocenters. The molecular weight excluding hydrogens is 256 g/mol. The van der Waals surface area contributed by atoms with Gasteiger partial charge in [-0.3, -0.25) is 0 Å². The summed E-state index contributed by atoms with van der Waals surface area (Å²) in [6.45, 7) is 5.68. The molecule has 0 radical (unpaired) electrons. The zero-order chi connectivity index (χ0) is 14.8. The number of carbonyl (C=O) groups is 1. The minimum Gasteiger partial charge on any atom is -0.461 e. The third-order valence-corrected chi connectivity index (χ3v) is 1.89. The average molecular weight is 273 g/mol. The van der Waals surface area contributed by atoms with Gasteiger partial charge in [-0.25, -0.2) is 4.79 Å². The van der Waals surface area contributed by atoms with E-state index in [0.29, 0.717) is 0 Å². The van der Waals surface area contributed by atoms with Gasteiger partial charge in [-0.1, -0.05) is 19.9 Å². The van der Waals surface area contributed by atoms with Crippen molar-refractivity contribution >= 4 is 17.6 Å². The minimum atomic E-state index is -1.16. The second-order valence-corrected chi connectivity index (χ2v) is 2.98. The van der Waals surface area contributed by atoms with Crippen LogP contribution in [-0.2, 0) is 9.53 Å². The number of hydrogen-bond donors (Lipinski definition) is 1. The molecule has 1 heterocycles. The molecule has 1 rings (SSSR count). The number of hydrazone groups is 1. The van der Waals surface area contributed by atoms with E-state index in [4.69, 9.17) is 5.84 Å². The van der Waals surface area contributed by atoms with Crippen molar-refractivity contribution in [3.8, 4) is 0 Å². The highest BCUT2D eigenvalue weighted by Gasteiger charge is 2.23. The molecule has 0 aliphatic carbocycles. The second kappa shape index (κ2) is 8.96. The Morgan fingerprint density at radius 1 is 1.47 bits per heavy atom. The summed E-state index contributed by atoms with van der Waals surface area (Å²) in [6.07, 6.45) is 2.40. The number of nitrogens with two attached hydrogens (primary N) is 1. The number of allylic oxidation sites excluding steroid dienone is 2. The third kappa shape index (κ3) is 4.99. The molecule has 0 bridgehead atoms. The topological polar surface area (TPSA) is 77.0 Å². The van der Waals surface area contributed by atoms with E-state index >= 15 is 0 Å². The van der Waals surface area contributed by atoms with Crippen molar-refractivity contribution in [3.63, 3.8) is 0 Å². The molecule has 0 aromatic rings. The van der Waals surface area contributed by atoms with Crippen LogP contribution in [0.5, 0.6) is 0 Å². The molecule has 0 aromatic heterocycles. The number of carbonyl (C=O) groups excluding carboxylic acids is 1. The standard InChI is InChI=1S/C10H11F2N3O2.C2H6/c1-2-17-10(16)8(15-13)6-4-3-5-7(11)14-9(6)12;1-2/h4-5H,2-3,13H2,1H3;1-2H3/b15-8-;. The van der Waals surface area contributed by atoms with Crippen LogP contribution < -0.4 is 5.84 Å². The first-order chi connectivity index (χ1) is 9.10. The molecule has 0 fully saturated rings. The van der Waals surface area contributed by atoms with Crippen molar-refractivity contribution < 1.29 is 18.3 Å². The molecule has 0 spiro atoms. The van der Waals surface area contributed by atoms with Gasteiger partial charge >= 0.3 is 5.97 Å². The van der Waals surface area contributed by atoms with Crippen molar-refractivity contribution in [1.82, 2.24) is 0 Å². The Bertz CT molecular complexity index is 440. The van der Waals surface area contributed by atoms with Crippen LogP contribution in [-0.4, -0.2) is 24.3 Å². The van der Waals surface area contributed by atoms with Gasteiger partial charge in [0.25, 0.3) is 0 Å². The molecule has 5 nitrogen and oxygen atoms in total. The van der Waals surface area contributed by atoms with E-state index in [1.54, 1.807) is 6.92 Å². The lowest BCUT2D eigenvalue weighted by Gasteiger charge is -2.05. The quantitative estimate of drug-likeness (QED) is 0.282. The van der Waals surface area contributed by atoms with Gasteiger partial charge in [-0.2, -0.15) is 18.9 Å². The predicted molar refractivity (Wildman–Crippen MR) is 70.0 cm³/mol. The highest BCUT2D eigenvalue weighted by molar-refractivity contribution is 6.49. The van der Waals surface area contributed by atoms with Gasteiger partial charge in [0.1, 0.15) is 0 Å². The Balaban J connectivity index is 0.00000154. The fourth-order valence-electron chi connectivity index (χ4n) is 1.18. The van der Waals surface area contributed by atoms with E-state index in [1.807, 2.05) is 13.8 Å². The third-order valence-electron chi connectivity index (χ3n) is 1.89. The summed E-state index contributed by atoms with van der Waals surface area (Å²) in [4.78, 5) is 14.4. The van der Waals surface area contributed by atoms with Crippen molar-refractivity contribution in [2.24, 2.45) is 15.9 Å². The zero-order valence-corrected chi connectivity index (χ0v) is 11.1. The molecule has 1 aliphatic rings. The van der Waals surface area contributed by atoms with Gasteiger partial charge in [0.05, 0.1) is 12.2 Å². The van der Waals surface area contributed by atoms with Gasteiger partial charge in [0.2, 0.25) is 11.9 Å². The van der Waals surface area contributed by atoms with Gasteiger partial charge in [0.15, 0.2) is 5.71 Å². The van der Waals surface area contributed by atoms with Crippen LogP contribution in [0, 0.1) is 0 Å². The maximum atomic E-state index is 13.5. The van der Waals surface area contributed by atoms with Crippen molar-refractivity contribution in [2.75, 3.05) is 6.61 Å². The lowest BCUT2D eigenvalue weighted by atomic mass is 10.1. The fraction of sp³-hybridized carbons (Fsp3) is 0.417. The van der Waals surface area contributed by atoms with Crippen LogP contribution in [0.3, 0.4) is 0 Å². The number of hydrogen-bond acceptors (Lipinski definition) is 5. The van der Waals surface area contributed by atoms with E-state index in [0.717, 1.165) is 6.08 Å². The van der Waals surface area contributed by atoms with Crippen LogP contribution in [0.25, 0.3) is 0 Å². The monoisotopic (exact) mass is 273 g/mol. The minimum absolute atomic E-state index is 0.0799. The van der Waals surface area contributed by atoms with E-state index in [-0.39, 0.29) is 18.6 Å². The van der Waals surface area contributed by atoms with Gasteiger partial charge in [-0.05, 0) is 19.4 Å².